The van der Waals surface area contributed by atoms with Gasteiger partial charge < -0.3 is 18.9 Å². The van der Waals surface area contributed by atoms with Crippen molar-refractivity contribution < 1.29 is 18.3 Å². The summed E-state index contributed by atoms with van der Waals surface area (Å²) in [5.41, 5.74) is 13.1. The van der Waals surface area contributed by atoms with E-state index in [4.69, 9.17) is 18.2 Å². The molecule has 0 radical (unpaired) electrons. The molecule has 286 valence electrons. The Morgan fingerprint density at radius 2 is 0.915 bits per heavy atom. The fourth-order valence-corrected chi connectivity index (χ4v) is 8.47. The van der Waals surface area contributed by atoms with Crippen LogP contribution in [-0.4, -0.2) is 27.5 Å². The minimum absolute atomic E-state index is 0.366. The van der Waals surface area contributed by atoms with E-state index in [0.29, 0.717) is 10.8 Å². The smallest absolute Gasteiger partial charge is 0.129 e. The van der Waals surface area contributed by atoms with Crippen LogP contribution in [0.2, 0.25) is 0 Å². The van der Waals surface area contributed by atoms with Gasteiger partial charge in [0.15, 0.2) is 0 Å². The lowest BCUT2D eigenvalue weighted by molar-refractivity contribution is 0.415. The third-order valence-electron chi connectivity index (χ3n) is 10.9. The molecule has 6 nitrogen and oxygen atoms in total. The Morgan fingerprint density at radius 1 is 0.475 bits per heavy atom. The Morgan fingerprint density at radius 3 is 1.39 bits per heavy atom. The van der Waals surface area contributed by atoms with Gasteiger partial charge in [0.25, 0.3) is 0 Å². The molecule has 0 fully saturated rings. The monoisotopic (exact) mass is 792 g/mol. The first kappa shape index (κ1) is 36.0. The predicted molar refractivity (Wildman–Crippen MR) is 236 cm³/mol. The fourth-order valence-electron chi connectivity index (χ4n) is 7.90. The van der Waals surface area contributed by atoms with Crippen LogP contribution in [0.3, 0.4) is 0 Å². The summed E-state index contributed by atoms with van der Waals surface area (Å²) < 4.78 is 51.2. The molecule has 0 aliphatic carbocycles. The summed E-state index contributed by atoms with van der Waals surface area (Å²) in [6, 6.07) is 54.8. The van der Waals surface area contributed by atoms with Crippen molar-refractivity contribution in [3.8, 4) is 50.6 Å². The molecule has 9 heteroatoms. The SMILES string of the molecule is COc1ccc(-c2ccc(N(c3ccc(-c4ccc(OC)cc4)cc3)c3ccc(-c4ccc(-n5c6ccc(F)cc6c6cc(F)ccc65)cc4)c4nsnc34)cc2)cc1. The van der Waals surface area contributed by atoms with Crippen LogP contribution in [0, 0.1) is 11.6 Å². The minimum atomic E-state index is -0.366. The van der Waals surface area contributed by atoms with Crippen LogP contribution >= 0.6 is 11.7 Å². The maximum atomic E-state index is 14.4. The second-order valence-corrected chi connectivity index (χ2v) is 14.7. The number of aromatic nitrogens is 3. The second kappa shape index (κ2) is 14.9. The molecule has 8 aromatic carbocycles. The molecule has 59 heavy (non-hydrogen) atoms. The highest BCUT2D eigenvalue weighted by Gasteiger charge is 2.21. The van der Waals surface area contributed by atoms with Crippen molar-refractivity contribution in [1.82, 2.24) is 13.3 Å². The van der Waals surface area contributed by atoms with Crippen molar-refractivity contribution in [3.63, 3.8) is 0 Å². The topological polar surface area (TPSA) is 52.4 Å². The van der Waals surface area contributed by atoms with Crippen LogP contribution < -0.4 is 14.4 Å². The van der Waals surface area contributed by atoms with Crippen molar-refractivity contribution >= 4 is 61.6 Å². The van der Waals surface area contributed by atoms with E-state index in [1.54, 1.807) is 26.4 Å². The van der Waals surface area contributed by atoms with E-state index in [-0.39, 0.29) is 11.6 Å². The molecule has 0 saturated heterocycles. The summed E-state index contributed by atoms with van der Waals surface area (Å²) >= 11 is 1.18. The van der Waals surface area contributed by atoms with E-state index in [9.17, 15) is 8.78 Å². The molecule has 10 aromatic rings. The van der Waals surface area contributed by atoms with Gasteiger partial charge in [0.2, 0.25) is 0 Å². The highest BCUT2D eigenvalue weighted by Crippen LogP contribution is 2.43. The van der Waals surface area contributed by atoms with E-state index < -0.39 is 0 Å². The molecule has 0 atom stereocenters. The molecule has 0 saturated carbocycles. The third-order valence-corrected chi connectivity index (χ3v) is 11.4. The van der Waals surface area contributed by atoms with E-state index in [1.807, 2.05) is 41.0 Å². The summed E-state index contributed by atoms with van der Waals surface area (Å²) in [7, 11) is 3.34. The maximum Gasteiger partial charge on any atom is 0.129 e. The molecule has 0 aliphatic rings. The van der Waals surface area contributed by atoms with Crippen molar-refractivity contribution in [1.29, 1.82) is 0 Å². The number of hydrogen-bond donors (Lipinski definition) is 0. The Balaban J connectivity index is 1.04. The lowest BCUT2D eigenvalue weighted by Crippen LogP contribution is -2.10. The number of fused-ring (bicyclic) bond motifs is 4. The van der Waals surface area contributed by atoms with Crippen LogP contribution in [0.1, 0.15) is 0 Å². The number of ether oxygens (including phenoxy) is 2. The van der Waals surface area contributed by atoms with Crippen molar-refractivity contribution in [2.24, 2.45) is 0 Å². The largest absolute Gasteiger partial charge is 0.497 e. The molecule has 0 unspecified atom stereocenters. The maximum absolute atomic E-state index is 14.4. The second-order valence-electron chi connectivity index (χ2n) is 14.2. The van der Waals surface area contributed by atoms with E-state index in [2.05, 4.69) is 102 Å². The molecule has 2 heterocycles. The molecule has 10 rings (SSSR count). The van der Waals surface area contributed by atoms with Gasteiger partial charge in [-0.3, -0.25) is 0 Å². The lowest BCUT2D eigenvalue weighted by Gasteiger charge is -2.26. The summed E-state index contributed by atoms with van der Waals surface area (Å²) in [4.78, 5) is 2.22. The standard InChI is InChI=1S/C50H34F2N4O2S/c1-57-41-21-9-33(10-22-41)31-3-15-38(16-4-31)55(39-17-5-32(6-18-39)34-11-23-42(58-2)24-12-34)48-28-25-43(49-50(48)54-59-53-49)35-7-19-40(20-8-35)56-46-26-13-36(51)29-44(46)45-30-37(52)14-27-47(45)56/h3-30H,1-2H3. The number of methoxy groups -OCH3 is 2. The summed E-state index contributed by atoms with van der Waals surface area (Å²) in [5, 5.41) is 1.31. The van der Waals surface area contributed by atoms with Gasteiger partial charge in [-0.25, -0.2) is 8.78 Å². The third kappa shape index (κ3) is 6.51. The van der Waals surface area contributed by atoms with Gasteiger partial charge in [-0.1, -0.05) is 60.7 Å². The van der Waals surface area contributed by atoms with Crippen LogP contribution in [0.4, 0.5) is 25.8 Å². The number of nitrogens with zero attached hydrogens (tertiary/aromatic N) is 4. The van der Waals surface area contributed by atoms with Gasteiger partial charge in [0, 0.05) is 33.4 Å². The Kier molecular flexibility index (Phi) is 9.07. The molecule has 0 N–H and O–H groups in total. The van der Waals surface area contributed by atoms with Gasteiger partial charge in [-0.2, -0.15) is 8.75 Å². The molecule has 0 aliphatic heterocycles. The van der Waals surface area contributed by atoms with Crippen LogP contribution in [0.15, 0.2) is 170 Å². The normalized spacial score (nSPS) is 11.4. The van der Waals surface area contributed by atoms with Crippen LogP contribution in [-0.2, 0) is 0 Å². The van der Waals surface area contributed by atoms with Gasteiger partial charge >= 0.3 is 0 Å². The Labute approximate surface area is 343 Å². The Bertz CT molecular complexity index is 2980. The lowest BCUT2D eigenvalue weighted by atomic mass is 10.0. The first-order valence-corrected chi connectivity index (χ1v) is 19.7. The van der Waals surface area contributed by atoms with Gasteiger partial charge in [-0.15, -0.1) is 0 Å². The molecular formula is C50H34F2N4O2S. The summed E-state index contributed by atoms with van der Waals surface area (Å²) in [6.07, 6.45) is 0. The number of halogens is 2. The van der Waals surface area contributed by atoms with Gasteiger partial charge in [-0.05, 0) is 137 Å². The average molecular weight is 793 g/mol. The molecule has 0 bridgehead atoms. The number of anilines is 3. The van der Waals surface area contributed by atoms with Gasteiger partial charge in [0.05, 0.1) is 42.7 Å². The first-order chi connectivity index (χ1) is 28.9. The van der Waals surface area contributed by atoms with E-state index in [1.165, 1.54) is 36.0 Å². The number of hydrogen-bond acceptors (Lipinski definition) is 6. The van der Waals surface area contributed by atoms with E-state index >= 15 is 0 Å². The molecule has 0 spiro atoms. The fraction of sp³-hybridized carbons (Fsp3) is 0.0400. The zero-order chi connectivity index (χ0) is 40.0. The predicted octanol–water partition coefficient (Wildman–Crippen LogP) is 13.6. The number of rotatable bonds is 9. The number of benzene rings is 8. The average Bonchev–Trinajstić information content (AvgIpc) is 3.91. The molecular weight excluding hydrogens is 759 g/mol. The van der Waals surface area contributed by atoms with Gasteiger partial charge in [0.1, 0.15) is 34.2 Å². The molecule has 2 aromatic heterocycles. The minimum Gasteiger partial charge on any atom is -0.497 e. The highest BCUT2D eigenvalue weighted by atomic mass is 32.1. The zero-order valence-electron chi connectivity index (χ0n) is 31.9. The first-order valence-electron chi connectivity index (χ1n) is 19.0. The highest BCUT2D eigenvalue weighted by molar-refractivity contribution is 7.00. The van der Waals surface area contributed by atoms with Crippen LogP contribution in [0.5, 0.6) is 11.5 Å². The van der Waals surface area contributed by atoms with Crippen molar-refractivity contribution in [2.45, 2.75) is 0 Å². The van der Waals surface area contributed by atoms with Crippen molar-refractivity contribution in [3.05, 3.63) is 181 Å². The quantitative estimate of drug-likeness (QED) is 0.146. The summed E-state index contributed by atoms with van der Waals surface area (Å²) in [5.74, 6) is 0.896. The van der Waals surface area contributed by atoms with E-state index in [0.717, 1.165) is 89.7 Å². The van der Waals surface area contributed by atoms with Crippen LogP contribution in [0.25, 0.3) is 71.9 Å². The molecule has 0 amide bonds. The summed E-state index contributed by atoms with van der Waals surface area (Å²) in [6.45, 7) is 0. The Hall–Kier alpha value is -7.36. The van der Waals surface area contributed by atoms with Crippen molar-refractivity contribution in [2.75, 3.05) is 19.1 Å². The zero-order valence-corrected chi connectivity index (χ0v) is 32.8.